The Morgan fingerprint density at radius 1 is 1.20 bits per heavy atom. The largest absolute Gasteiger partial charge is 0.300 e. The first kappa shape index (κ1) is 12.7. The molecule has 1 aliphatic rings. The van der Waals surface area contributed by atoms with Crippen molar-refractivity contribution in [3.63, 3.8) is 0 Å². The molecule has 0 amide bonds. The Bertz CT molecular complexity index is 188. The molecule has 88 valence electrons. The fourth-order valence-electron chi connectivity index (χ4n) is 2.67. The summed E-state index contributed by atoms with van der Waals surface area (Å²) in [5.74, 6) is 2.57. The second-order valence-corrected chi connectivity index (χ2v) is 5.65. The van der Waals surface area contributed by atoms with Crippen molar-refractivity contribution >= 4 is 5.78 Å². The molecule has 0 aromatic carbocycles. The molecular weight excluding hydrogens is 184 g/mol. The second-order valence-electron chi connectivity index (χ2n) is 5.65. The van der Waals surface area contributed by atoms with Gasteiger partial charge in [-0.25, -0.2) is 0 Å². The highest BCUT2D eigenvalue weighted by atomic mass is 16.1. The lowest BCUT2D eigenvalue weighted by Gasteiger charge is -2.27. The number of carbonyl (C=O) groups excluding carboxylic acids is 1. The van der Waals surface area contributed by atoms with Crippen molar-refractivity contribution in [3.8, 4) is 0 Å². The fourth-order valence-corrected chi connectivity index (χ4v) is 2.67. The van der Waals surface area contributed by atoms with Gasteiger partial charge in [0.1, 0.15) is 5.78 Å². The Kier molecular flexibility index (Phi) is 5.35. The Morgan fingerprint density at radius 3 is 2.27 bits per heavy atom. The van der Waals surface area contributed by atoms with Gasteiger partial charge in [-0.05, 0) is 44.4 Å². The van der Waals surface area contributed by atoms with Crippen molar-refractivity contribution in [2.75, 3.05) is 0 Å². The quantitative estimate of drug-likeness (QED) is 0.664. The molecule has 0 atom stereocenters. The van der Waals surface area contributed by atoms with E-state index in [1.807, 2.05) is 0 Å². The molecule has 1 heteroatoms. The van der Waals surface area contributed by atoms with E-state index >= 15 is 0 Å². The molecule has 0 saturated heterocycles. The second kappa shape index (κ2) is 6.30. The third kappa shape index (κ3) is 4.81. The Labute approximate surface area is 94.6 Å². The summed E-state index contributed by atoms with van der Waals surface area (Å²) in [6.07, 6.45) is 9.04. The van der Waals surface area contributed by atoms with E-state index in [9.17, 15) is 4.79 Å². The van der Waals surface area contributed by atoms with Crippen molar-refractivity contribution < 1.29 is 4.79 Å². The lowest BCUT2D eigenvalue weighted by Crippen LogP contribution is -2.19. The SMILES string of the molecule is CC(=O)C1CCC(CCCC(C)C)CC1. The van der Waals surface area contributed by atoms with E-state index < -0.39 is 0 Å². The molecule has 1 aliphatic carbocycles. The van der Waals surface area contributed by atoms with E-state index in [1.54, 1.807) is 6.92 Å². The minimum atomic E-state index is 0.395. The van der Waals surface area contributed by atoms with Crippen molar-refractivity contribution in [2.45, 2.75) is 65.7 Å². The molecule has 0 aromatic rings. The minimum absolute atomic E-state index is 0.395. The summed E-state index contributed by atoms with van der Waals surface area (Å²) < 4.78 is 0. The minimum Gasteiger partial charge on any atom is -0.300 e. The van der Waals surface area contributed by atoms with Gasteiger partial charge in [0.05, 0.1) is 0 Å². The Morgan fingerprint density at radius 2 is 1.80 bits per heavy atom. The predicted octanol–water partition coefficient (Wildman–Crippen LogP) is 4.21. The molecule has 1 saturated carbocycles. The summed E-state index contributed by atoms with van der Waals surface area (Å²) >= 11 is 0. The van der Waals surface area contributed by atoms with Crippen LogP contribution in [-0.4, -0.2) is 5.78 Å². The van der Waals surface area contributed by atoms with Crippen molar-refractivity contribution in [2.24, 2.45) is 17.8 Å². The van der Waals surface area contributed by atoms with Gasteiger partial charge in [0.15, 0.2) is 0 Å². The van der Waals surface area contributed by atoms with Crippen LogP contribution in [-0.2, 0) is 4.79 Å². The smallest absolute Gasteiger partial charge is 0.132 e. The molecule has 1 fully saturated rings. The summed E-state index contributed by atoms with van der Waals surface area (Å²) in [5.41, 5.74) is 0. The topological polar surface area (TPSA) is 17.1 Å². The van der Waals surface area contributed by atoms with Gasteiger partial charge < -0.3 is 0 Å². The predicted molar refractivity (Wildman–Crippen MR) is 64.8 cm³/mol. The molecule has 0 N–H and O–H groups in total. The molecule has 1 nitrogen and oxygen atoms in total. The first-order valence-corrected chi connectivity index (χ1v) is 6.60. The number of rotatable bonds is 5. The molecule has 1 rings (SSSR count). The maximum atomic E-state index is 11.2. The number of ketones is 1. The van der Waals surface area contributed by atoms with Crippen LogP contribution in [0.25, 0.3) is 0 Å². The zero-order valence-electron chi connectivity index (χ0n) is 10.6. The molecule has 0 unspecified atom stereocenters. The van der Waals surface area contributed by atoms with Crippen LogP contribution < -0.4 is 0 Å². The Hall–Kier alpha value is -0.330. The third-order valence-electron chi connectivity index (χ3n) is 3.82. The molecule has 0 aromatic heterocycles. The first-order valence-electron chi connectivity index (χ1n) is 6.60. The summed E-state index contributed by atoms with van der Waals surface area (Å²) in [7, 11) is 0. The number of Topliss-reactive ketones (excluding diaryl/α,β-unsaturated/α-hetero) is 1. The summed E-state index contributed by atoms with van der Waals surface area (Å²) in [5, 5.41) is 0. The fraction of sp³-hybridized carbons (Fsp3) is 0.929. The normalized spacial score (nSPS) is 26.9. The molecule has 15 heavy (non-hydrogen) atoms. The van der Waals surface area contributed by atoms with Gasteiger partial charge >= 0.3 is 0 Å². The van der Waals surface area contributed by atoms with Crippen LogP contribution in [0.4, 0.5) is 0 Å². The summed E-state index contributed by atoms with van der Waals surface area (Å²) in [6, 6.07) is 0. The van der Waals surface area contributed by atoms with E-state index in [4.69, 9.17) is 0 Å². The maximum Gasteiger partial charge on any atom is 0.132 e. The van der Waals surface area contributed by atoms with Gasteiger partial charge in [-0.2, -0.15) is 0 Å². The highest BCUT2D eigenvalue weighted by Crippen LogP contribution is 2.32. The molecule has 0 heterocycles. The summed E-state index contributed by atoms with van der Waals surface area (Å²) in [4.78, 5) is 11.2. The summed E-state index contributed by atoms with van der Waals surface area (Å²) in [6.45, 7) is 6.35. The van der Waals surface area contributed by atoms with Crippen LogP contribution in [0.5, 0.6) is 0 Å². The highest BCUT2D eigenvalue weighted by molar-refractivity contribution is 5.78. The standard InChI is InChI=1S/C14H26O/c1-11(2)5-4-6-13-7-9-14(10-8-13)12(3)15/h11,13-14H,4-10H2,1-3H3. The van der Waals surface area contributed by atoms with E-state index in [0.29, 0.717) is 11.7 Å². The lowest BCUT2D eigenvalue weighted by molar-refractivity contribution is -0.121. The van der Waals surface area contributed by atoms with Crippen LogP contribution in [0, 0.1) is 17.8 Å². The molecule has 0 spiro atoms. The number of carbonyl (C=O) groups is 1. The highest BCUT2D eigenvalue weighted by Gasteiger charge is 2.23. The third-order valence-corrected chi connectivity index (χ3v) is 3.82. The van der Waals surface area contributed by atoms with Crippen molar-refractivity contribution in [3.05, 3.63) is 0 Å². The molecule has 0 radical (unpaired) electrons. The van der Waals surface area contributed by atoms with E-state index in [0.717, 1.165) is 24.7 Å². The van der Waals surface area contributed by atoms with Gasteiger partial charge in [-0.1, -0.05) is 33.1 Å². The van der Waals surface area contributed by atoms with Crippen LogP contribution in [0.15, 0.2) is 0 Å². The van der Waals surface area contributed by atoms with Gasteiger partial charge in [0.25, 0.3) is 0 Å². The van der Waals surface area contributed by atoms with Crippen LogP contribution >= 0.6 is 0 Å². The monoisotopic (exact) mass is 210 g/mol. The van der Waals surface area contributed by atoms with Gasteiger partial charge in [-0.3, -0.25) is 4.79 Å². The van der Waals surface area contributed by atoms with Gasteiger partial charge in [0.2, 0.25) is 0 Å². The molecule has 0 bridgehead atoms. The van der Waals surface area contributed by atoms with Crippen LogP contribution in [0.3, 0.4) is 0 Å². The maximum absolute atomic E-state index is 11.2. The van der Waals surface area contributed by atoms with Crippen LogP contribution in [0.1, 0.15) is 65.7 Å². The zero-order valence-corrected chi connectivity index (χ0v) is 10.6. The number of hydrogen-bond donors (Lipinski definition) is 0. The number of hydrogen-bond acceptors (Lipinski definition) is 1. The van der Waals surface area contributed by atoms with Gasteiger partial charge in [-0.15, -0.1) is 0 Å². The van der Waals surface area contributed by atoms with E-state index in [-0.39, 0.29) is 0 Å². The molecular formula is C14H26O. The van der Waals surface area contributed by atoms with E-state index in [1.165, 1.54) is 32.1 Å². The van der Waals surface area contributed by atoms with Crippen molar-refractivity contribution in [1.29, 1.82) is 0 Å². The average Bonchev–Trinajstić information content (AvgIpc) is 2.18. The Balaban J connectivity index is 2.12. The molecule has 0 aliphatic heterocycles. The average molecular weight is 210 g/mol. The lowest BCUT2D eigenvalue weighted by atomic mass is 9.78. The first-order chi connectivity index (χ1) is 7.09. The van der Waals surface area contributed by atoms with Crippen molar-refractivity contribution in [1.82, 2.24) is 0 Å². The van der Waals surface area contributed by atoms with Gasteiger partial charge in [0, 0.05) is 5.92 Å². The zero-order chi connectivity index (χ0) is 11.3. The van der Waals surface area contributed by atoms with Crippen LogP contribution in [0.2, 0.25) is 0 Å². The van der Waals surface area contributed by atoms with E-state index in [2.05, 4.69) is 13.8 Å².